The van der Waals surface area contributed by atoms with E-state index in [1.165, 1.54) is 18.2 Å². The van der Waals surface area contributed by atoms with Crippen molar-refractivity contribution in [3.63, 3.8) is 0 Å². The van der Waals surface area contributed by atoms with E-state index in [0.717, 1.165) is 13.5 Å². The maximum atomic E-state index is 12.5. The quantitative estimate of drug-likeness (QED) is 0.695. The lowest BCUT2D eigenvalue weighted by atomic mass is 10.1. The van der Waals surface area contributed by atoms with Crippen molar-refractivity contribution in [1.82, 2.24) is 4.72 Å². The Morgan fingerprint density at radius 3 is 2.52 bits per heavy atom. The fourth-order valence-electron chi connectivity index (χ4n) is 2.04. The first kappa shape index (κ1) is 19.1. The normalized spacial score (nSPS) is 12.7. The predicted molar refractivity (Wildman–Crippen MR) is 83.8 cm³/mol. The molecule has 8 heteroatoms. The van der Waals surface area contributed by atoms with Crippen molar-refractivity contribution in [3.8, 4) is 0 Å². The van der Waals surface area contributed by atoms with Gasteiger partial charge < -0.3 is 9.84 Å². The van der Waals surface area contributed by atoms with Crippen LogP contribution in [0.3, 0.4) is 0 Å². The largest absolute Gasteiger partial charge is 0.480 e. The molecule has 23 heavy (non-hydrogen) atoms. The number of benzene rings is 1. The van der Waals surface area contributed by atoms with Gasteiger partial charge in [-0.2, -0.15) is 4.72 Å². The Hall–Kier alpha value is -1.93. The molecule has 0 aliphatic rings. The number of carboxylic acid groups (broad SMARTS) is 1. The average molecular weight is 343 g/mol. The zero-order valence-corrected chi connectivity index (χ0v) is 14.1. The van der Waals surface area contributed by atoms with Crippen molar-refractivity contribution in [3.05, 3.63) is 29.3 Å². The van der Waals surface area contributed by atoms with Gasteiger partial charge in [0.2, 0.25) is 10.0 Å². The van der Waals surface area contributed by atoms with Crippen LogP contribution in [0.1, 0.15) is 42.1 Å². The van der Waals surface area contributed by atoms with Gasteiger partial charge in [0.15, 0.2) is 0 Å². The first-order chi connectivity index (χ1) is 10.7. The van der Waals surface area contributed by atoms with E-state index in [1.54, 1.807) is 6.92 Å². The number of unbranched alkanes of at least 4 members (excludes halogenated alkanes) is 1. The number of carbonyl (C=O) groups is 2. The predicted octanol–water partition coefficient (Wildman–Crippen LogP) is 1.70. The lowest BCUT2D eigenvalue weighted by Gasteiger charge is -2.16. The first-order valence-corrected chi connectivity index (χ1v) is 8.65. The Kier molecular flexibility index (Phi) is 6.71. The van der Waals surface area contributed by atoms with Crippen LogP contribution in [0.5, 0.6) is 0 Å². The van der Waals surface area contributed by atoms with Gasteiger partial charge in [0.25, 0.3) is 0 Å². The Balaban J connectivity index is 3.22. The third-order valence-corrected chi connectivity index (χ3v) is 4.80. The number of ether oxygens (including phenoxy) is 1. The van der Waals surface area contributed by atoms with E-state index < -0.39 is 28.0 Å². The van der Waals surface area contributed by atoms with Crippen LogP contribution in [0.25, 0.3) is 0 Å². The topological polar surface area (TPSA) is 110 Å². The van der Waals surface area contributed by atoms with Crippen LogP contribution in [-0.2, 0) is 19.6 Å². The molecule has 0 radical (unpaired) electrons. The van der Waals surface area contributed by atoms with E-state index in [9.17, 15) is 18.0 Å². The number of hydrogen-bond acceptors (Lipinski definition) is 5. The minimum absolute atomic E-state index is 0.125. The zero-order valence-electron chi connectivity index (χ0n) is 13.3. The standard InChI is InChI=1S/C15H21NO6S/c1-4-5-6-12(14(17)18)16-23(20,21)13-8-7-10(2)9-11(13)15(19)22-3/h7-9,12,16H,4-6H2,1-3H3,(H,17,18)/t12-/m0/s1. The monoisotopic (exact) mass is 343 g/mol. The number of hydrogen-bond donors (Lipinski definition) is 2. The van der Waals surface area contributed by atoms with E-state index in [0.29, 0.717) is 12.0 Å². The van der Waals surface area contributed by atoms with Crippen molar-refractivity contribution in [2.45, 2.75) is 44.0 Å². The summed E-state index contributed by atoms with van der Waals surface area (Å²) < 4.78 is 31.7. The second kappa shape index (κ2) is 8.07. The molecule has 1 atom stereocenters. The van der Waals surface area contributed by atoms with Gasteiger partial charge in [0.1, 0.15) is 6.04 Å². The summed E-state index contributed by atoms with van der Waals surface area (Å²) in [5.74, 6) is -2.05. The second-order valence-electron chi connectivity index (χ2n) is 5.15. The van der Waals surface area contributed by atoms with Gasteiger partial charge in [-0.05, 0) is 25.5 Å². The Bertz CT molecular complexity index is 683. The van der Waals surface area contributed by atoms with Crippen molar-refractivity contribution >= 4 is 22.0 Å². The molecule has 0 aliphatic carbocycles. The summed E-state index contributed by atoms with van der Waals surface area (Å²) in [5.41, 5.74) is 0.560. The summed E-state index contributed by atoms with van der Waals surface area (Å²) in [6.45, 7) is 3.58. The average Bonchev–Trinajstić information content (AvgIpc) is 2.49. The van der Waals surface area contributed by atoms with Crippen LogP contribution < -0.4 is 4.72 Å². The molecule has 1 rings (SSSR count). The molecule has 0 fully saturated rings. The minimum atomic E-state index is -4.17. The highest BCUT2D eigenvalue weighted by Gasteiger charge is 2.28. The molecular weight excluding hydrogens is 322 g/mol. The van der Waals surface area contributed by atoms with Crippen LogP contribution in [-0.4, -0.2) is 38.6 Å². The fraction of sp³-hybridized carbons (Fsp3) is 0.467. The molecule has 1 aromatic rings. The van der Waals surface area contributed by atoms with Crippen LogP contribution in [0.2, 0.25) is 0 Å². The summed E-state index contributed by atoms with van der Waals surface area (Å²) in [6, 6.07) is 2.94. The molecule has 0 bridgehead atoms. The number of esters is 1. The molecule has 0 saturated carbocycles. The van der Waals surface area contributed by atoms with Gasteiger partial charge in [-0.1, -0.05) is 31.4 Å². The number of aryl methyl sites for hydroxylation is 1. The molecule has 128 valence electrons. The summed E-state index contributed by atoms with van der Waals surface area (Å²) >= 11 is 0. The smallest absolute Gasteiger partial charge is 0.339 e. The van der Waals surface area contributed by atoms with Gasteiger partial charge in [-0.25, -0.2) is 13.2 Å². The number of sulfonamides is 1. The van der Waals surface area contributed by atoms with Gasteiger partial charge in [-0.3, -0.25) is 4.79 Å². The van der Waals surface area contributed by atoms with Gasteiger partial charge >= 0.3 is 11.9 Å². The van der Waals surface area contributed by atoms with Gasteiger partial charge in [0.05, 0.1) is 17.6 Å². The Morgan fingerprint density at radius 1 is 1.35 bits per heavy atom. The first-order valence-electron chi connectivity index (χ1n) is 7.17. The Labute approximate surface area is 135 Å². The third kappa shape index (κ3) is 5.04. The molecule has 0 aromatic heterocycles. The van der Waals surface area contributed by atoms with E-state index >= 15 is 0 Å². The highest BCUT2D eigenvalue weighted by Crippen LogP contribution is 2.19. The molecule has 0 amide bonds. The summed E-state index contributed by atoms with van der Waals surface area (Å²) in [5, 5.41) is 9.16. The molecule has 0 aliphatic heterocycles. The molecular formula is C15H21NO6S. The van der Waals surface area contributed by atoms with Crippen molar-refractivity contribution in [2.24, 2.45) is 0 Å². The summed E-state index contributed by atoms with van der Waals surface area (Å²) in [7, 11) is -3.02. The zero-order chi connectivity index (χ0) is 17.6. The van der Waals surface area contributed by atoms with E-state index in [-0.39, 0.29) is 16.9 Å². The fourth-order valence-corrected chi connectivity index (χ4v) is 3.44. The molecule has 1 aromatic carbocycles. The van der Waals surface area contributed by atoms with Gasteiger partial charge in [0, 0.05) is 0 Å². The number of carboxylic acids is 1. The number of rotatable bonds is 8. The number of aliphatic carboxylic acids is 1. The number of methoxy groups -OCH3 is 1. The molecule has 0 saturated heterocycles. The van der Waals surface area contributed by atoms with E-state index in [2.05, 4.69) is 9.46 Å². The number of nitrogens with one attached hydrogen (secondary N) is 1. The number of carbonyl (C=O) groups excluding carboxylic acids is 1. The SMILES string of the molecule is CCCC[C@H](NS(=O)(=O)c1ccc(C)cc1C(=O)OC)C(=O)O. The summed E-state index contributed by atoms with van der Waals surface area (Å²) in [6.07, 6.45) is 1.48. The van der Waals surface area contributed by atoms with Crippen LogP contribution in [0, 0.1) is 6.92 Å². The molecule has 2 N–H and O–H groups in total. The van der Waals surface area contributed by atoms with E-state index in [4.69, 9.17) is 5.11 Å². The lowest BCUT2D eigenvalue weighted by molar-refractivity contribution is -0.139. The minimum Gasteiger partial charge on any atom is -0.480 e. The summed E-state index contributed by atoms with van der Waals surface area (Å²) in [4.78, 5) is 22.7. The second-order valence-corrected chi connectivity index (χ2v) is 6.83. The van der Waals surface area contributed by atoms with Crippen molar-refractivity contribution < 1.29 is 27.9 Å². The van der Waals surface area contributed by atoms with Gasteiger partial charge in [-0.15, -0.1) is 0 Å². The molecule has 7 nitrogen and oxygen atoms in total. The maximum Gasteiger partial charge on any atom is 0.339 e. The molecule has 0 spiro atoms. The van der Waals surface area contributed by atoms with Crippen LogP contribution >= 0.6 is 0 Å². The van der Waals surface area contributed by atoms with E-state index in [1.807, 2.05) is 6.92 Å². The van der Waals surface area contributed by atoms with Crippen molar-refractivity contribution in [2.75, 3.05) is 7.11 Å². The highest BCUT2D eigenvalue weighted by molar-refractivity contribution is 7.89. The molecule has 0 heterocycles. The molecule has 0 unspecified atom stereocenters. The van der Waals surface area contributed by atoms with Crippen LogP contribution in [0.4, 0.5) is 0 Å². The lowest BCUT2D eigenvalue weighted by Crippen LogP contribution is -2.41. The van der Waals surface area contributed by atoms with Crippen molar-refractivity contribution in [1.29, 1.82) is 0 Å². The third-order valence-electron chi connectivity index (χ3n) is 3.27. The highest BCUT2D eigenvalue weighted by atomic mass is 32.2. The Morgan fingerprint density at radius 2 is 2.00 bits per heavy atom. The van der Waals surface area contributed by atoms with Crippen LogP contribution in [0.15, 0.2) is 23.1 Å². The maximum absolute atomic E-state index is 12.5.